The Labute approximate surface area is 126 Å². The molecule has 0 aliphatic rings. The van der Waals surface area contributed by atoms with Gasteiger partial charge >= 0.3 is 5.97 Å². The Morgan fingerprint density at radius 2 is 2.10 bits per heavy atom. The number of carbonyl (C=O) groups is 2. The van der Waals surface area contributed by atoms with Crippen LogP contribution in [0.2, 0.25) is 0 Å². The number of nitrogens with one attached hydrogen (secondary N) is 2. The molecular weight excluding hydrogens is 290 g/mol. The van der Waals surface area contributed by atoms with Gasteiger partial charge in [-0.15, -0.1) is 11.3 Å². The number of hydrogen-bond donors (Lipinski definition) is 2. The fraction of sp³-hybridized carbons (Fsp3) is 0.357. The minimum Gasteiger partial charge on any atom is -0.464 e. The molecule has 0 unspecified atom stereocenters. The largest absolute Gasteiger partial charge is 0.464 e. The fourth-order valence-electron chi connectivity index (χ4n) is 1.52. The lowest BCUT2D eigenvalue weighted by atomic mass is 9.96. The summed E-state index contributed by atoms with van der Waals surface area (Å²) in [5.74, 6) is -0.523. The maximum Gasteiger partial charge on any atom is 0.354 e. The van der Waals surface area contributed by atoms with Crippen LogP contribution >= 0.6 is 11.3 Å². The molecule has 1 amide bonds. The first-order valence-electron chi connectivity index (χ1n) is 6.35. The molecule has 0 spiro atoms. The molecule has 0 aliphatic heterocycles. The standard InChI is InChI=1S/C14H17N3O3S/c1-14(2,3)12(19)17-13-16-10(7-21-13)8-5-9(15-6-8)11(18)20-4/h5-7,15H,1-4H3,(H,16,17,19). The number of amides is 1. The molecule has 112 valence electrons. The van der Waals surface area contributed by atoms with Gasteiger partial charge in [-0.25, -0.2) is 9.78 Å². The van der Waals surface area contributed by atoms with Crippen molar-refractivity contribution >= 4 is 28.3 Å². The van der Waals surface area contributed by atoms with Crippen LogP contribution in [0.4, 0.5) is 5.13 Å². The quantitative estimate of drug-likeness (QED) is 0.854. The molecule has 2 aromatic heterocycles. The van der Waals surface area contributed by atoms with Gasteiger partial charge in [0, 0.05) is 22.6 Å². The highest BCUT2D eigenvalue weighted by molar-refractivity contribution is 7.14. The first-order valence-corrected chi connectivity index (χ1v) is 7.23. The molecule has 2 rings (SSSR count). The molecule has 0 aliphatic carbocycles. The Morgan fingerprint density at radius 1 is 1.38 bits per heavy atom. The van der Waals surface area contributed by atoms with Crippen LogP contribution in [0.15, 0.2) is 17.6 Å². The van der Waals surface area contributed by atoms with E-state index in [4.69, 9.17) is 0 Å². The zero-order chi connectivity index (χ0) is 15.6. The number of rotatable bonds is 3. The second-order valence-electron chi connectivity index (χ2n) is 5.54. The molecule has 0 radical (unpaired) electrons. The van der Waals surface area contributed by atoms with Crippen molar-refractivity contribution in [2.24, 2.45) is 5.41 Å². The van der Waals surface area contributed by atoms with Gasteiger partial charge in [0.25, 0.3) is 0 Å². The van der Waals surface area contributed by atoms with Gasteiger partial charge in [0.15, 0.2) is 5.13 Å². The minimum atomic E-state index is -0.474. The SMILES string of the molecule is COC(=O)c1cc(-c2csc(NC(=O)C(C)(C)C)n2)c[nH]1. The van der Waals surface area contributed by atoms with E-state index in [0.717, 1.165) is 5.56 Å². The average Bonchev–Trinajstić information content (AvgIpc) is 3.04. The summed E-state index contributed by atoms with van der Waals surface area (Å²) >= 11 is 1.34. The number of hydrogen-bond acceptors (Lipinski definition) is 5. The van der Waals surface area contributed by atoms with E-state index in [0.29, 0.717) is 16.5 Å². The summed E-state index contributed by atoms with van der Waals surface area (Å²) in [5.41, 5.74) is 1.34. The topological polar surface area (TPSA) is 84.1 Å². The molecule has 0 saturated carbocycles. The van der Waals surface area contributed by atoms with Crippen molar-refractivity contribution in [1.29, 1.82) is 0 Å². The number of nitrogens with zero attached hydrogens (tertiary/aromatic N) is 1. The Hall–Kier alpha value is -2.15. The number of methoxy groups -OCH3 is 1. The number of thiazole rings is 1. The summed E-state index contributed by atoms with van der Waals surface area (Å²) in [7, 11) is 1.33. The second-order valence-corrected chi connectivity index (χ2v) is 6.39. The van der Waals surface area contributed by atoms with Crippen LogP contribution in [0.3, 0.4) is 0 Å². The molecule has 0 atom stereocenters. The highest BCUT2D eigenvalue weighted by Crippen LogP contribution is 2.27. The molecule has 0 saturated heterocycles. The third-order valence-electron chi connectivity index (χ3n) is 2.79. The van der Waals surface area contributed by atoms with Crippen molar-refractivity contribution in [1.82, 2.24) is 9.97 Å². The van der Waals surface area contributed by atoms with Gasteiger partial charge in [0.05, 0.1) is 12.8 Å². The van der Waals surface area contributed by atoms with Crippen molar-refractivity contribution in [3.63, 3.8) is 0 Å². The zero-order valence-corrected chi connectivity index (χ0v) is 13.1. The van der Waals surface area contributed by atoms with Gasteiger partial charge in [-0.05, 0) is 6.07 Å². The summed E-state index contributed by atoms with van der Waals surface area (Å²) in [6.07, 6.45) is 1.68. The average molecular weight is 307 g/mol. The highest BCUT2D eigenvalue weighted by Gasteiger charge is 2.22. The minimum absolute atomic E-state index is 0.0901. The molecule has 6 nitrogen and oxygen atoms in total. The highest BCUT2D eigenvalue weighted by atomic mass is 32.1. The van der Waals surface area contributed by atoms with Crippen molar-refractivity contribution < 1.29 is 14.3 Å². The van der Waals surface area contributed by atoms with Crippen LogP contribution < -0.4 is 5.32 Å². The second kappa shape index (κ2) is 5.69. The van der Waals surface area contributed by atoms with Crippen LogP contribution in [0.25, 0.3) is 11.3 Å². The van der Waals surface area contributed by atoms with Crippen LogP contribution in [-0.2, 0) is 9.53 Å². The molecule has 0 fully saturated rings. The van der Waals surface area contributed by atoms with E-state index in [1.54, 1.807) is 12.3 Å². The Morgan fingerprint density at radius 3 is 2.71 bits per heavy atom. The molecule has 0 bridgehead atoms. The first kappa shape index (κ1) is 15.2. The van der Waals surface area contributed by atoms with E-state index in [9.17, 15) is 9.59 Å². The van der Waals surface area contributed by atoms with E-state index in [1.165, 1.54) is 18.4 Å². The van der Waals surface area contributed by atoms with Crippen molar-refractivity contribution in [2.75, 3.05) is 12.4 Å². The fourth-order valence-corrected chi connectivity index (χ4v) is 2.23. The molecule has 0 aromatic carbocycles. The predicted octanol–water partition coefficient (Wildman–Crippen LogP) is 2.91. The zero-order valence-electron chi connectivity index (χ0n) is 12.3. The summed E-state index contributed by atoms with van der Waals surface area (Å²) in [5, 5.41) is 5.13. The van der Waals surface area contributed by atoms with E-state index < -0.39 is 11.4 Å². The van der Waals surface area contributed by atoms with E-state index in [-0.39, 0.29) is 5.91 Å². The van der Waals surface area contributed by atoms with Crippen LogP contribution in [-0.4, -0.2) is 29.0 Å². The molecule has 21 heavy (non-hydrogen) atoms. The maximum atomic E-state index is 11.9. The van der Waals surface area contributed by atoms with Gasteiger partial charge in [-0.3, -0.25) is 4.79 Å². The van der Waals surface area contributed by atoms with Crippen LogP contribution in [0, 0.1) is 5.41 Å². The summed E-state index contributed by atoms with van der Waals surface area (Å²) in [6, 6.07) is 1.66. The summed E-state index contributed by atoms with van der Waals surface area (Å²) in [4.78, 5) is 30.5. The molecular formula is C14H17N3O3S. The van der Waals surface area contributed by atoms with Crippen LogP contribution in [0.5, 0.6) is 0 Å². The number of esters is 1. The summed E-state index contributed by atoms with van der Waals surface area (Å²) < 4.78 is 4.64. The summed E-state index contributed by atoms with van der Waals surface area (Å²) in [6.45, 7) is 5.52. The number of anilines is 1. The lowest BCUT2D eigenvalue weighted by Gasteiger charge is -2.15. The number of ether oxygens (including phenoxy) is 1. The van der Waals surface area contributed by atoms with Gasteiger partial charge in [-0.2, -0.15) is 0 Å². The number of aromatic nitrogens is 2. The Balaban J connectivity index is 2.15. The normalized spacial score (nSPS) is 11.2. The smallest absolute Gasteiger partial charge is 0.354 e. The van der Waals surface area contributed by atoms with Crippen molar-refractivity contribution in [3.05, 3.63) is 23.3 Å². The number of aromatic amines is 1. The predicted molar refractivity (Wildman–Crippen MR) is 81.3 cm³/mol. The number of carbonyl (C=O) groups excluding carboxylic acids is 2. The van der Waals surface area contributed by atoms with E-state index in [1.807, 2.05) is 26.2 Å². The van der Waals surface area contributed by atoms with Crippen LogP contribution in [0.1, 0.15) is 31.3 Å². The van der Waals surface area contributed by atoms with Gasteiger partial charge in [0.2, 0.25) is 5.91 Å². The maximum absolute atomic E-state index is 11.9. The lowest BCUT2D eigenvalue weighted by molar-refractivity contribution is -0.123. The van der Waals surface area contributed by atoms with Gasteiger partial charge < -0.3 is 15.0 Å². The first-order chi connectivity index (χ1) is 9.81. The van der Waals surface area contributed by atoms with Gasteiger partial charge in [0.1, 0.15) is 5.69 Å². The Bertz CT molecular complexity index is 667. The molecule has 2 aromatic rings. The third-order valence-corrected chi connectivity index (χ3v) is 3.55. The molecule has 2 N–H and O–H groups in total. The van der Waals surface area contributed by atoms with E-state index in [2.05, 4.69) is 20.0 Å². The van der Waals surface area contributed by atoms with Crippen molar-refractivity contribution in [2.45, 2.75) is 20.8 Å². The monoisotopic (exact) mass is 307 g/mol. The van der Waals surface area contributed by atoms with E-state index >= 15 is 0 Å². The van der Waals surface area contributed by atoms with Crippen molar-refractivity contribution in [3.8, 4) is 11.3 Å². The third kappa shape index (κ3) is 3.49. The Kier molecular flexibility index (Phi) is 4.13. The molecule has 7 heteroatoms. The van der Waals surface area contributed by atoms with Gasteiger partial charge in [-0.1, -0.05) is 20.8 Å². The molecule has 2 heterocycles. The lowest BCUT2D eigenvalue weighted by Crippen LogP contribution is -2.27. The number of H-pyrrole nitrogens is 1.